The molecule has 150 valence electrons. The largest absolute Gasteiger partial charge is 0.379 e. The van der Waals surface area contributed by atoms with Crippen molar-refractivity contribution in [3.63, 3.8) is 0 Å². The summed E-state index contributed by atoms with van der Waals surface area (Å²) in [6, 6.07) is 4.02. The van der Waals surface area contributed by atoms with Crippen LogP contribution in [0.4, 0.5) is 23.1 Å². The number of nitrogens with zero attached hydrogens (tertiary/aromatic N) is 6. The summed E-state index contributed by atoms with van der Waals surface area (Å²) in [6.07, 6.45) is 6.26. The summed E-state index contributed by atoms with van der Waals surface area (Å²) in [7, 11) is 1.84. The van der Waals surface area contributed by atoms with Gasteiger partial charge in [-0.25, -0.2) is 4.98 Å². The van der Waals surface area contributed by atoms with Crippen LogP contribution in [-0.4, -0.2) is 57.7 Å². The summed E-state index contributed by atoms with van der Waals surface area (Å²) in [6.45, 7) is 3.36. The highest BCUT2D eigenvalue weighted by molar-refractivity contribution is 5.82. The fourth-order valence-corrected chi connectivity index (χ4v) is 3.96. The van der Waals surface area contributed by atoms with Crippen LogP contribution in [0.2, 0.25) is 0 Å². The number of anilines is 4. The van der Waals surface area contributed by atoms with Gasteiger partial charge in [0.1, 0.15) is 5.69 Å². The first-order valence-electron chi connectivity index (χ1n) is 9.74. The SMILES string of the molecule is Cc1cc2nccnc2cc1Nc1ncc2c(n1)N([C@H]1CCCOC1)C(O)N2C. The van der Waals surface area contributed by atoms with E-state index >= 15 is 0 Å². The molecule has 0 radical (unpaired) electrons. The van der Waals surface area contributed by atoms with E-state index in [-0.39, 0.29) is 6.04 Å². The molecule has 0 amide bonds. The molecular formula is C20H23N7O2. The third-order valence-corrected chi connectivity index (χ3v) is 5.56. The lowest BCUT2D eigenvalue weighted by molar-refractivity contribution is 0.0613. The predicted molar refractivity (Wildman–Crippen MR) is 110 cm³/mol. The number of aromatic nitrogens is 4. The number of rotatable bonds is 3. The second-order valence-corrected chi connectivity index (χ2v) is 7.48. The molecule has 29 heavy (non-hydrogen) atoms. The van der Waals surface area contributed by atoms with Gasteiger partial charge in [-0.3, -0.25) is 9.97 Å². The third kappa shape index (κ3) is 3.12. The number of fused-ring (bicyclic) bond motifs is 2. The first-order chi connectivity index (χ1) is 14.1. The minimum atomic E-state index is -0.779. The first-order valence-corrected chi connectivity index (χ1v) is 9.74. The molecule has 2 atom stereocenters. The van der Waals surface area contributed by atoms with E-state index in [9.17, 15) is 5.11 Å². The monoisotopic (exact) mass is 393 g/mol. The van der Waals surface area contributed by atoms with Gasteiger partial charge < -0.3 is 25.0 Å². The summed E-state index contributed by atoms with van der Waals surface area (Å²) >= 11 is 0. The Morgan fingerprint density at radius 2 is 1.97 bits per heavy atom. The van der Waals surface area contributed by atoms with Crippen LogP contribution < -0.4 is 15.1 Å². The Bertz CT molecular complexity index is 1050. The zero-order chi connectivity index (χ0) is 20.0. The fourth-order valence-electron chi connectivity index (χ4n) is 3.96. The zero-order valence-corrected chi connectivity index (χ0v) is 16.4. The molecule has 3 aromatic rings. The Hall–Kier alpha value is -3.04. The number of benzene rings is 1. The van der Waals surface area contributed by atoms with E-state index < -0.39 is 6.35 Å². The highest BCUT2D eigenvalue weighted by atomic mass is 16.5. The predicted octanol–water partition coefficient (Wildman–Crippen LogP) is 2.18. The molecule has 9 heteroatoms. The lowest BCUT2D eigenvalue weighted by atomic mass is 10.1. The summed E-state index contributed by atoms with van der Waals surface area (Å²) in [5.41, 5.74) is 4.35. The van der Waals surface area contributed by atoms with Crippen LogP contribution in [0, 0.1) is 6.92 Å². The maximum Gasteiger partial charge on any atom is 0.229 e. The van der Waals surface area contributed by atoms with Crippen LogP contribution >= 0.6 is 0 Å². The molecule has 5 rings (SSSR count). The second kappa shape index (κ2) is 7.09. The standard InChI is InChI=1S/C20H23N7O2/c1-12-8-15-16(22-6-5-21-15)9-14(12)24-19-23-10-17-18(25-19)27(20(28)26(17)2)13-4-3-7-29-11-13/h5-6,8-10,13,20,28H,3-4,7,11H2,1-2H3,(H,23,24,25)/t13-,20?/m0/s1. The van der Waals surface area contributed by atoms with Crippen molar-refractivity contribution in [3.05, 3.63) is 36.3 Å². The number of aliphatic hydroxyl groups excluding tert-OH is 1. The lowest BCUT2D eigenvalue weighted by Gasteiger charge is -2.35. The Labute approximate surface area is 168 Å². The third-order valence-electron chi connectivity index (χ3n) is 5.56. The molecule has 2 aromatic heterocycles. The summed E-state index contributed by atoms with van der Waals surface area (Å²) < 4.78 is 5.63. The minimum absolute atomic E-state index is 0.0860. The molecule has 1 fully saturated rings. The molecular weight excluding hydrogens is 370 g/mol. The second-order valence-electron chi connectivity index (χ2n) is 7.48. The van der Waals surface area contributed by atoms with Crippen LogP contribution in [-0.2, 0) is 4.74 Å². The number of aliphatic hydroxyl groups is 1. The maximum absolute atomic E-state index is 10.8. The van der Waals surface area contributed by atoms with Crippen LogP contribution in [0.15, 0.2) is 30.7 Å². The minimum Gasteiger partial charge on any atom is -0.379 e. The molecule has 2 aliphatic heterocycles. The number of hydrogen-bond acceptors (Lipinski definition) is 9. The number of ether oxygens (including phenoxy) is 1. The molecule has 1 saturated heterocycles. The Morgan fingerprint density at radius 3 is 2.72 bits per heavy atom. The van der Waals surface area contributed by atoms with E-state index in [0.29, 0.717) is 18.4 Å². The van der Waals surface area contributed by atoms with Crippen molar-refractivity contribution < 1.29 is 9.84 Å². The molecule has 0 aliphatic carbocycles. The van der Waals surface area contributed by atoms with Crippen LogP contribution in [0.25, 0.3) is 11.0 Å². The van der Waals surface area contributed by atoms with Crippen molar-refractivity contribution >= 4 is 34.2 Å². The summed E-state index contributed by atoms with van der Waals surface area (Å²) in [4.78, 5) is 21.6. The number of aryl methyl sites for hydroxylation is 1. The molecule has 2 aliphatic rings. The Kier molecular flexibility index (Phi) is 4.40. The fraction of sp³-hybridized carbons (Fsp3) is 0.400. The Balaban J connectivity index is 1.49. The van der Waals surface area contributed by atoms with Gasteiger partial charge in [0.2, 0.25) is 12.3 Å². The van der Waals surface area contributed by atoms with E-state index in [1.807, 2.05) is 31.0 Å². The van der Waals surface area contributed by atoms with Gasteiger partial charge in [0, 0.05) is 31.7 Å². The molecule has 9 nitrogen and oxygen atoms in total. The zero-order valence-electron chi connectivity index (χ0n) is 16.4. The van der Waals surface area contributed by atoms with E-state index in [4.69, 9.17) is 9.72 Å². The van der Waals surface area contributed by atoms with Gasteiger partial charge in [0.05, 0.1) is 29.9 Å². The van der Waals surface area contributed by atoms with Crippen LogP contribution in [0.3, 0.4) is 0 Å². The van der Waals surface area contributed by atoms with Crippen molar-refractivity contribution in [2.24, 2.45) is 0 Å². The quantitative estimate of drug-likeness (QED) is 0.693. The highest BCUT2D eigenvalue weighted by Gasteiger charge is 2.39. The average molecular weight is 393 g/mol. The van der Waals surface area contributed by atoms with Crippen LogP contribution in [0.1, 0.15) is 18.4 Å². The van der Waals surface area contributed by atoms with Gasteiger partial charge in [0.25, 0.3) is 0 Å². The average Bonchev–Trinajstić information content (AvgIpc) is 2.99. The van der Waals surface area contributed by atoms with Gasteiger partial charge in [-0.15, -0.1) is 0 Å². The molecule has 1 aromatic carbocycles. The summed E-state index contributed by atoms with van der Waals surface area (Å²) in [5, 5.41) is 14.1. The highest BCUT2D eigenvalue weighted by Crippen LogP contribution is 2.39. The molecule has 0 spiro atoms. The van der Waals surface area contributed by atoms with Crippen molar-refractivity contribution in [1.29, 1.82) is 0 Å². The van der Waals surface area contributed by atoms with Gasteiger partial charge in [0.15, 0.2) is 5.82 Å². The maximum atomic E-state index is 10.8. The van der Waals surface area contributed by atoms with E-state index in [0.717, 1.165) is 47.4 Å². The molecule has 1 unspecified atom stereocenters. The van der Waals surface area contributed by atoms with Gasteiger partial charge in [-0.2, -0.15) is 4.98 Å². The lowest BCUT2D eigenvalue weighted by Crippen LogP contribution is -2.50. The van der Waals surface area contributed by atoms with Crippen molar-refractivity contribution in [2.45, 2.75) is 32.2 Å². The van der Waals surface area contributed by atoms with Crippen LogP contribution in [0.5, 0.6) is 0 Å². The topological polar surface area (TPSA) is 99.5 Å². The smallest absolute Gasteiger partial charge is 0.229 e. The van der Waals surface area contributed by atoms with Gasteiger partial charge in [-0.05, 0) is 37.5 Å². The van der Waals surface area contributed by atoms with Crippen molar-refractivity contribution in [3.8, 4) is 0 Å². The number of nitrogens with one attached hydrogen (secondary N) is 1. The molecule has 4 heterocycles. The van der Waals surface area contributed by atoms with Crippen molar-refractivity contribution in [2.75, 3.05) is 35.4 Å². The first kappa shape index (κ1) is 18.0. The van der Waals surface area contributed by atoms with E-state index in [2.05, 4.69) is 20.3 Å². The molecule has 0 bridgehead atoms. The van der Waals surface area contributed by atoms with E-state index in [1.165, 1.54) is 0 Å². The summed E-state index contributed by atoms with van der Waals surface area (Å²) in [5.74, 6) is 1.19. The van der Waals surface area contributed by atoms with Gasteiger partial charge >= 0.3 is 0 Å². The van der Waals surface area contributed by atoms with Gasteiger partial charge in [-0.1, -0.05) is 0 Å². The molecule has 0 saturated carbocycles. The normalized spacial score (nSPS) is 21.5. The number of hydrogen-bond donors (Lipinski definition) is 2. The Morgan fingerprint density at radius 1 is 1.17 bits per heavy atom. The van der Waals surface area contributed by atoms with Crippen molar-refractivity contribution in [1.82, 2.24) is 19.9 Å². The molecule has 2 N–H and O–H groups in total. The van der Waals surface area contributed by atoms with E-state index in [1.54, 1.807) is 23.5 Å².